The minimum absolute atomic E-state index is 0.0433. The van der Waals surface area contributed by atoms with E-state index >= 15 is 0 Å². The first-order valence-corrected chi connectivity index (χ1v) is 7.94. The maximum atomic E-state index is 11.8. The van der Waals surface area contributed by atoms with E-state index in [1.807, 2.05) is 6.21 Å². The van der Waals surface area contributed by atoms with Gasteiger partial charge < -0.3 is 5.32 Å². The molecule has 3 rings (SSSR count). The fourth-order valence-electron chi connectivity index (χ4n) is 3.46. The Kier molecular flexibility index (Phi) is 4.10. The summed E-state index contributed by atoms with van der Waals surface area (Å²) in [6.07, 6.45) is 10.1. The predicted molar refractivity (Wildman–Crippen MR) is 83.5 cm³/mol. The number of fused-ring (bicyclic) bond motifs is 3. The lowest BCUT2D eigenvalue weighted by molar-refractivity contribution is -0.122. The van der Waals surface area contributed by atoms with E-state index in [-0.39, 0.29) is 18.1 Å². The molecule has 0 aromatic carbocycles. The van der Waals surface area contributed by atoms with Crippen LogP contribution in [0.2, 0.25) is 0 Å². The maximum absolute atomic E-state index is 11.8. The Balaban J connectivity index is 1.88. The highest BCUT2D eigenvalue weighted by atomic mass is 16.1. The maximum Gasteiger partial charge on any atom is 0.224 e. The molecule has 5 nitrogen and oxygen atoms in total. The summed E-state index contributed by atoms with van der Waals surface area (Å²) in [7, 11) is 0. The van der Waals surface area contributed by atoms with E-state index in [2.05, 4.69) is 46.9 Å². The average Bonchev–Trinajstić information content (AvgIpc) is 2.46. The molecule has 21 heavy (non-hydrogen) atoms. The molecule has 0 spiro atoms. The molecule has 3 atom stereocenters. The van der Waals surface area contributed by atoms with Crippen molar-refractivity contribution < 1.29 is 4.79 Å². The van der Waals surface area contributed by atoms with Crippen molar-refractivity contribution in [3.8, 4) is 0 Å². The molecule has 0 saturated carbocycles. The van der Waals surface area contributed by atoms with Gasteiger partial charge in [-0.1, -0.05) is 19.4 Å². The van der Waals surface area contributed by atoms with Gasteiger partial charge in [0, 0.05) is 37.3 Å². The van der Waals surface area contributed by atoms with Gasteiger partial charge in [0.25, 0.3) is 0 Å². The van der Waals surface area contributed by atoms with Crippen molar-refractivity contribution >= 4 is 12.1 Å². The first kappa shape index (κ1) is 14.3. The van der Waals surface area contributed by atoms with Crippen LogP contribution in [-0.2, 0) is 4.79 Å². The molecule has 0 aliphatic carbocycles. The largest absolute Gasteiger partial charge is 0.352 e. The second-order valence-electron chi connectivity index (χ2n) is 6.03. The third kappa shape index (κ3) is 2.75. The molecule has 114 valence electrons. The zero-order valence-electron chi connectivity index (χ0n) is 12.8. The first-order valence-electron chi connectivity index (χ1n) is 7.94. The molecule has 3 heterocycles. The van der Waals surface area contributed by atoms with Gasteiger partial charge >= 0.3 is 0 Å². The Bertz CT molecular complexity index is 508. The van der Waals surface area contributed by atoms with Crippen molar-refractivity contribution in [2.45, 2.75) is 51.7 Å². The number of hydrazine groups is 1. The summed E-state index contributed by atoms with van der Waals surface area (Å²) in [5.74, 6) is 0.422. The summed E-state index contributed by atoms with van der Waals surface area (Å²) in [5.41, 5.74) is 5.98. The number of allylic oxidation sites excluding steroid dienone is 1. The number of hydrogen-bond acceptors (Lipinski definition) is 4. The first-order chi connectivity index (χ1) is 10.2. The number of aliphatic imine (C=N–C) groups is 1. The van der Waals surface area contributed by atoms with E-state index in [4.69, 9.17) is 0 Å². The molecule has 1 amide bonds. The smallest absolute Gasteiger partial charge is 0.224 e. The number of rotatable bonds is 4. The van der Waals surface area contributed by atoms with Gasteiger partial charge in [0.15, 0.2) is 6.17 Å². The van der Waals surface area contributed by atoms with Crippen molar-refractivity contribution in [1.82, 2.24) is 15.8 Å². The topological polar surface area (TPSA) is 56.7 Å². The monoisotopic (exact) mass is 288 g/mol. The van der Waals surface area contributed by atoms with Gasteiger partial charge in [0.1, 0.15) is 0 Å². The highest BCUT2D eigenvalue weighted by Crippen LogP contribution is 2.38. The Labute approximate surface area is 126 Å². The van der Waals surface area contributed by atoms with Gasteiger partial charge in [-0.3, -0.25) is 14.8 Å². The summed E-state index contributed by atoms with van der Waals surface area (Å²) >= 11 is 0. The van der Waals surface area contributed by atoms with E-state index in [9.17, 15) is 4.79 Å². The lowest BCUT2D eigenvalue weighted by Gasteiger charge is -2.44. The van der Waals surface area contributed by atoms with E-state index in [1.54, 1.807) is 0 Å². The Hall–Kier alpha value is -1.62. The van der Waals surface area contributed by atoms with Crippen LogP contribution >= 0.6 is 0 Å². The number of nitrogens with one attached hydrogen (secondary N) is 2. The number of dihydropyridines is 1. The lowest BCUT2D eigenvalue weighted by Crippen LogP contribution is -2.54. The summed E-state index contributed by atoms with van der Waals surface area (Å²) < 4.78 is 0. The Morgan fingerprint density at radius 1 is 1.52 bits per heavy atom. The second-order valence-corrected chi connectivity index (χ2v) is 6.03. The third-order valence-electron chi connectivity index (χ3n) is 4.41. The van der Waals surface area contributed by atoms with Gasteiger partial charge in [-0.25, -0.2) is 5.43 Å². The number of unbranched alkanes of at least 4 members (excludes halogenated alkanes) is 1. The van der Waals surface area contributed by atoms with Crippen molar-refractivity contribution in [3.63, 3.8) is 0 Å². The van der Waals surface area contributed by atoms with Gasteiger partial charge in [-0.2, -0.15) is 0 Å². The molecule has 3 aliphatic rings. The zero-order chi connectivity index (χ0) is 14.8. The summed E-state index contributed by atoms with van der Waals surface area (Å²) in [6, 6.07) is 0.150. The fourth-order valence-corrected chi connectivity index (χ4v) is 3.46. The molecule has 2 N–H and O–H groups in total. The van der Waals surface area contributed by atoms with E-state index < -0.39 is 0 Å². The minimum atomic E-state index is 0.0433. The Morgan fingerprint density at radius 2 is 2.38 bits per heavy atom. The SMILES string of the molecule is CCCCNN1C=C2CC(=O)NC(C)C2C2=CCC=NC21. The molecule has 0 bridgehead atoms. The second kappa shape index (κ2) is 6.02. The lowest BCUT2D eigenvalue weighted by atomic mass is 9.77. The molecular formula is C16H24N4O. The van der Waals surface area contributed by atoms with E-state index in [0.29, 0.717) is 12.3 Å². The summed E-state index contributed by atoms with van der Waals surface area (Å²) in [4.78, 5) is 16.5. The minimum Gasteiger partial charge on any atom is -0.352 e. The molecule has 3 aliphatic heterocycles. The quantitative estimate of drug-likeness (QED) is 0.612. The summed E-state index contributed by atoms with van der Waals surface area (Å²) in [6.45, 7) is 5.21. The van der Waals surface area contributed by atoms with Crippen LogP contribution in [0, 0.1) is 5.92 Å². The van der Waals surface area contributed by atoms with Gasteiger partial charge in [0.05, 0.1) is 6.42 Å². The third-order valence-corrected chi connectivity index (χ3v) is 4.41. The number of amides is 1. The number of hydrogen-bond donors (Lipinski definition) is 2. The predicted octanol–water partition coefficient (Wildman–Crippen LogP) is 1.74. The van der Waals surface area contributed by atoms with Crippen LogP contribution in [0.4, 0.5) is 0 Å². The van der Waals surface area contributed by atoms with Gasteiger partial charge in [0.2, 0.25) is 5.91 Å². The molecule has 0 aromatic heterocycles. The normalized spacial score (nSPS) is 31.0. The number of piperidine rings is 1. The molecule has 0 radical (unpaired) electrons. The van der Waals surface area contributed by atoms with E-state index in [0.717, 1.165) is 25.8 Å². The van der Waals surface area contributed by atoms with Crippen molar-refractivity contribution in [2.75, 3.05) is 6.54 Å². The molecule has 1 fully saturated rings. The van der Waals surface area contributed by atoms with Crippen LogP contribution in [0.25, 0.3) is 0 Å². The van der Waals surface area contributed by atoms with Crippen LogP contribution in [0.5, 0.6) is 0 Å². The molecule has 3 unspecified atom stereocenters. The van der Waals surface area contributed by atoms with Gasteiger partial charge in [-0.15, -0.1) is 0 Å². The number of carbonyl (C=O) groups is 1. The molecule has 5 heteroatoms. The zero-order valence-corrected chi connectivity index (χ0v) is 12.8. The van der Waals surface area contributed by atoms with Crippen molar-refractivity contribution in [2.24, 2.45) is 10.9 Å². The van der Waals surface area contributed by atoms with Crippen LogP contribution < -0.4 is 10.7 Å². The van der Waals surface area contributed by atoms with Crippen LogP contribution in [-0.4, -0.2) is 35.9 Å². The molecular weight excluding hydrogens is 264 g/mol. The fraction of sp³-hybridized carbons (Fsp3) is 0.625. The van der Waals surface area contributed by atoms with Crippen LogP contribution in [0.15, 0.2) is 28.4 Å². The van der Waals surface area contributed by atoms with E-state index in [1.165, 1.54) is 11.1 Å². The highest BCUT2D eigenvalue weighted by Gasteiger charge is 2.40. The molecule has 0 aromatic rings. The van der Waals surface area contributed by atoms with Crippen LogP contribution in [0.1, 0.15) is 39.5 Å². The van der Waals surface area contributed by atoms with Crippen molar-refractivity contribution in [3.05, 3.63) is 23.4 Å². The van der Waals surface area contributed by atoms with Gasteiger partial charge in [-0.05, 0) is 24.5 Å². The van der Waals surface area contributed by atoms with Crippen LogP contribution in [0.3, 0.4) is 0 Å². The average molecular weight is 288 g/mol. The molecule has 1 saturated heterocycles. The Morgan fingerprint density at radius 3 is 3.19 bits per heavy atom. The number of carbonyl (C=O) groups excluding carboxylic acids is 1. The highest BCUT2D eigenvalue weighted by molar-refractivity contribution is 5.81. The number of nitrogens with zero attached hydrogens (tertiary/aromatic N) is 2. The van der Waals surface area contributed by atoms with Crippen molar-refractivity contribution in [1.29, 1.82) is 0 Å². The standard InChI is InChI=1S/C16H24N4O/c1-3-4-8-18-20-10-12-9-14(21)19-11(2)15(12)13-6-5-7-17-16(13)20/h6-7,10-11,15-16,18H,3-5,8-9H2,1-2H3,(H,19,21). The summed E-state index contributed by atoms with van der Waals surface area (Å²) in [5, 5.41) is 5.16.